The molecule has 1 aliphatic rings. The third-order valence-electron chi connectivity index (χ3n) is 4.28. The zero-order valence-corrected chi connectivity index (χ0v) is 17.3. The fraction of sp³-hybridized carbons (Fsp3) is 0.938. The molecule has 7 heteroatoms. The number of hydrogen-bond acceptors (Lipinski definition) is 5. The topological polar surface area (TPSA) is 78.6 Å². The molecule has 0 aromatic carbocycles. The van der Waals surface area contributed by atoms with E-state index in [2.05, 4.69) is 0 Å². The maximum absolute atomic E-state index is 12.2. The van der Waals surface area contributed by atoms with Gasteiger partial charge < -0.3 is 15.0 Å². The summed E-state index contributed by atoms with van der Waals surface area (Å²) in [4.78, 5) is 11.8. The summed E-state index contributed by atoms with van der Waals surface area (Å²) in [5, 5.41) is 0. The zero-order chi connectivity index (χ0) is 16.5. The summed E-state index contributed by atoms with van der Waals surface area (Å²) in [6.07, 6.45) is 7.37. The smallest absolute Gasteiger partial charge is 0.309 e. The highest BCUT2D eigenvalue weighted by Crippen LogP contribution is 2.33. The fourth-order valence-electron chi connectivity index (χ4n) is 3.22. The summed E-state index contributed by atoms with van der Waals surface area (Å²) in [6, 6.07) is 0. The summed E-state index contributed by atoms with van der Waals surface area (Å²) >= 11 is 0. The van der Waals surface area contributed by atoms with Crippen LogP contribution < -0.4 is 5.73 Å². The Morgan fingerprint density at radius 3 is 2.39 bits per heavy atom. The Labute approximate surface area is 151 Å². The molecule has 1 saturated carbocycles. The van der Waals surface area contributed by atoms with Gasteiger partial charge in [-0.3, -0.25) is 9.36 Å². The lowest BCUT2D eigenvalue weighted by atomic mass is 9.87. The number of esters is 1. The Balaban J connectivity index is 0.00000484. The van der Waals surface area contributed by atoms with Gasteiger partial charge in [0, 0.05) is 6.16 Å². The third kappa shape index (κ3) is 9.85. The molecule has 23 heavy (non-hydrogen) atoms. The van der Waals surface area contributed by atoms with Crippen molar-refractivity contribution in [2.75, 3.05) is 13.3 Å². The molecule has 1 fully saturated rings. The van der Waals surface area contributed by atoms with Gasteiger partial charge in [-0.2, -0.15) is 0 Å². The molecular weight excluding hydrogens is 381 g/mol. The van der Waals surface area contributed by atoms with Crippen molar-refractivity contribution in [3.05, 3.63) is 0 Å². The number of ether oxygens (including phenoxy) is 1. The highest BCUT2D eigenvalue weighted by molar-refractivity contribution is 8.93. The molecule has 0 saturated heterocycles. The van der Waals surface area contributed by atoms with E-state index in [1.54, 1.807) is 0 Å². The highest BCUT2D eigenvalue weighted by Gasteiger charge is 2.25. The Morgan fingerprint density at radius 1 is 1.26 bits per heavy atom. The van der Waals surface area contributed by atoms with Crippen LogP contribution >= 0.6 is 25.0 Å². The first kappa shape index (κ1) is 23.1. The van der Waals surface area contributed by atoms with Gasteiger partial charge in [0.1, 0.15) is 6.23 Å². The summed E-state index contributed by atoms with van der Waals surface area (Å²) < 4.78 is 22.5. The average molecular weight is 414 g/mol. The van der Waals surface area contributed by atoms with E-state index in [-0.39, 0.29) is 35.0 Å². The van der Waals surface area contributed by atoms with Gasteiger partial charge in [-0.1, -0.05) is 46.0 Å². The van der Waals surface area contributed by atoms with Crippen LogP contribution in [0.5, 0.6) is 0 Å². The van der Waals surface area contributed by atoms with Crippen LogP contribution in [-0.4, -0.2) is 25.5 Å². The lowest BCUT2D eigenvalue weighted by Crippen LogP contribution is -2.27. The number of carbonyl (C=O) groups is 1. The molecule has 0 bridgehead atoms. The first-order valence-corrected chi connectivity index (χ1v) is 9.97. The number of hydrogen-bond donors (Lipinski definition) is 1. The molecule has 138 valence electrons. The lowest BCUT2D eigenvalue weighted by molar-refractivity contribution is -0.145. The van der Waals surface area contributed by atoms with Crippen molar-refractivity contribution >= 4 is 31.0 Å². The normalized spacial score (nSPS) is 19.7. The average Bonchev–Trinajstić information content (AvgIpc) is 2.46. The summed E-state index contributed by atoms with van der Waals surface area (Å²) in [7, 11) is -0.949. The minimum absolute atomic E-state index is 0. The molecule has 3 atom stereocenters. The molecule has 0 aliphatic heterocycles. The van der Waals surface area contributed by atoms with Crippen LogP contribution in [0.1, 0.15) is 58.8 Å². The molecule has 0 aromatic heterocycles. The van der Waals surface area contributed by atoms with E-state index in [0.717, 1.165) is 6.42 Å². The fourth-order valence-corrected chi connectivity index (χ4v) is 4.48. The molecule has 0 spiro atoms. The van der Waals surface area contributed by atoms with E-state index in [0.29, 0.717) is 18.3 Å². The highest BCUT2D eigenvalue weighted by atomic mass is 79.9. The number of nitrogens with two attached hydrogens (primary N) is 1. The van der Waals surface area contributed by atoms with Gasteiger partial charge in [-0.25, -0.2) is 0 Å². The van der Waals surface area contributed by atoms with Crippen molar-refractivity contribution in [2.24, 2.45) is 23.5 Å². The Hall–Kier alpha value is 0.1000. The van der Waals surface area contributed by atoms with E-state index in [1.165, 1.54) is 39.2 Å². The van der Waals surface area contributed by atoms with Crippen molar-refractivity contribution in [1.29, 1.82) is 0 Å². The summed E-state index contributed by atoms with van der Waals surface area (Å²) in [5.41, 5.74) is 5.98. The second-order valence-electron chi connectivity index (χ2n) is 6.82. The van der Waals surface area contributed by atoms with Crippen LogP contribution in [-0.2, 0) is 18.6 Å². The number of carbonyl (C=O) groups excluding carboxylic acids is 1. The maximum Gasteiger partial charge on any atom is 0.309 e. The van der Waals surface area contributed by atoms with E-state index < -0.39 is 14.3 Å². The van der Waals surface area contributed by atoms with Gasteiger partial charge in [-0.15, -0.1) is 17.0 Å². The van der Waals surface area contributed by atoms with Crippen molar-refractivity contribution in [3.63, 3.8) is 0 Å². The predicted octanol–water partition coefficient (Wildman–Crippen LogP) is 4.15. The van der Waals surface area contributed by atoms with Crippen LogP contribution in [0.2, 0.25) is 0 Å². The van der Waals surface area contributed by atoms with E-state index in [9.17, 15) is 9.36 Å². The van der Waals surface area contributed by atoms with E-state index in [1.807, 2.05) is 13.8 Å². The molecule has 2 N–H and O–H groups in total. The minimum atomic E-state index is -2.31. The second kappa shape index (κ2) is 12.5. The van der Waals surface area contributed by atoms with Gasteiger partial charge in [0.2, 0.25) is 0 Å². The third-order valence-corrected chi connectivity index (χ3v) is 5.67. The monoisotopic (exact) mass is 413 g/mol. The van der Waals surface area contributed by atoms with Gasteiger partial charge >= 0.3 is 5.97 Å². The first-order chi connectivity index (χ1) is 10.4. The molecule has 5 nitrogen and oxygen atoms in total. The van der Waals surface area contributed by atoms with Crippen LogP contribution in [0.25, 0.3) is 0 Å². The van der Waals surface area contributed by atoms with Crippen molar-refractivity contribution in [3.8, 4) is 0 Å². The summed E-state index contributed by atoms with van der Waals surface area (Å²) in [5.74, 6) is 0.259. The lowest BCUT2D eigenvalue weighted by Gasteiger charge is -2.25. The number of halogens is 1. The molecule has 0 heterocycles. The Bertz CT molecular complexity index is 362. The van der Waals surface area contributed by atoms with Gasteiger partial charge in [-0.05, 0) is 24.7 Å². The van der Waals surface area contributed by atoms with Crippen LogP contribution in [0.3, 0.4) is 0 Å². The zero-order valence-electron chi connectivity index (χ0n) is 14.6. The number of rotatable bonds is 9. The molecule has 0 amide bonds. The predicted molar refractivity (Wildman–Crippen MR) is 99.4 cm³/mol. The standard InChI is InChI=1S/C16H32NO4P.BrH/c1-12(2)9-14(16(18)20-3)11-22(19)21-15(17)10-13-7-5-4-6-8-13;/h12-15,22H,4-11,17H2,1-3H3;1H. The van der Waals surface area contributed by atoms with E-state index >= 15 is 0 Å². The van der Waals surface area contributed by atoms with E-state index in [4.69, 9.17) is 15.0 Å². The molecule has 1 aliphatic carbocycles. The largest absolute Gasteiger partial charge is 0.469 e. The Morgan fingerprint density at radius 2 is 1.87 bits per heavy atom. The second-order valence-corrected chi connectivity index (χ2v) is 8.21. The quantitative estimate of drug-likeness (QED) is 0.349. The van der Waals surface area contributed by atoms with Crippen molar-refractivity contribution < 1.29 is 18.6 Å². The number of methoxy groups -OCH3 is 1. The first-order valence-electron chi connectivity index (χ1n) is 8.45. The Kier molecular flexibility index (Phi) is 12.5. The van der Waals surface area contributed by atoms with Crippen LogP contribution in [0, 0.1) is 17.8 Å². The molecule has 1 rings (SSSR count). The van der Waals surface area contributed by atoms with Gasteiger partial charge in [0.15, 0.2) is 8.03 Å². The molecule has 0 aromatic rings. The SMILES string of the molecule is Br.COC(=O)C(CC(C)C)C[PH](=O)OC(N)CC1CCCCC1. The van der Waals surface area contributed by atoms with Crippen LogP contribution in [0.4, 0.5) is 0 Å². The maximum atomic E-state index is 12.2. The van der Waals surface area contributed by atoms with Crippen molar-refractivity contribution in [2.45, 2.75) is 65.0 Å². The molecule has 0 radical (unpaired) electrons. The minimum Gasteiger partial charge on any atom is -0.469 e. The molecule has 3 unspecified atom stereocenters. The van der Waals surface area contributed by atoms with Gasteiger partial charge in [0.25, 0.3) is 0 Å². The van der Waals surface area contributed by atoms with Gasteiger partial charge in [0.05, 0.1) is 13.0 Å². The molecular formula is C16H33BrNO4P. The summed E-state index contributed by atoms with van der Waals surface area (Å²) in [6.45, 7) is 4.06. The van der Waals surface area contributed by atoms with Crippen molar-refractivity contribution in [1.82, 2.24) is 0 Å². The van der Waals surface area contributed by atoms with Crippen LogP contribution in [0.15, 0.2) is 0 Å².